The van der Waals surface area contributed by atoms with Gasteiger partial charge in [0.1, 0.15) is 23.8 Å². The van der Waals surface area contributed by atoms with Crippen LogP contribution in [-0.2, 0) is 16.1 Å². The summed E-state index contributed by atoms with van der Waals surface area (Å²) in [5, 5.41) is 13.7. The Kier molecular flexibility index (Phi) is 7.17. The van der Waals surface area contributed by atoms with Crippen molar-refractivity contribution in [3.8, 4) is 22.4 Å². The molecule has 0 aliphatic rings. The third kappa shape index (κ3) is 5.43. The summed E-state index contributed by atoms with van der Waals surface area (Å²) in [6.45, 7) is 0.0340. The fourth-order valence-electron chi connectivity index (χ4n) is 2.53. The molecular formula is C21H16BrN3O4S. The molecule has 0 unspecified atom stereocenters. The summed E-state index contributed by atoms with van der Waals surface area (Å²) in [4.78, 5) is 28.2. The third-order valence-electron chi connectivity index (χ3n) is 3.94. The van der Waals surface area contributed by atoms with Crippen LogP contribution in [0.3, 0.4) is 0 Å². The first-order valence-corrected chi connectivity index (χ1v) is 10.4. The maximum absolute atomic E-state index is 12.3. The van der Waals surface area contributed by atoms with Crippen LogP contribution in [0.2, 0.25) is 0 Å². The van der Waals surface area contributed by atoms with Gasteiger partial charge in [0.15, 0.2) is 0 Å². The number of hydrogen-bond acceptors (Lipinski definition) is 7. The summed E-state index contributed by atoms with van der Waals surface area (Å²) < 4.78 is 11.6. The van der Waals surface area contributed by atoms with Crippen molar-refractivity contribution < 1.29 is 19.1 Å². The van der Waals surface area contributed by atoms with Gasteiger partial charge < -0.3 is 14.8 Å². The van der Waals surface area contributed by atoms with E-state index in [1.165, 1.54) is 11.3 Å². The number of methoxy groups -OCH3 is 1. The molecule has 3 aromatic rings. The van der Waals surface area contributed by atoms with Crippen molar-refractivity contribution in [2.75, 3.05) is 12.4 Å². The molecule has 30 heavy (non-hydrogen) atoms. The summed E-state index contributed by atoms with van der Waals surface area (Å²) >= 11 is 4.88. The fraction of sp³-hybridized carbons (Fsp3) is 0.143. The Morgan fingerprint density at radius 1 is 1.23 bits per heavy atom. The number of hydrogen-bond donors (Lipinski definition) is 1. The van der Waals surface area contributed by atoms with Crippen LogP contribution in [0, 0.1) is 11.3 Å². The Morgan fingerprint density at radius 2 is 2.00 bits per heavy atom. The fourth-order valence-corrected chi connectivity index (χ4v) is 3.72. The zero-order valence-corrected chi connectivity index (χ0v) is 18.2. The molecule has 0 saturated heterocycles. The molecule has 2 aromatic carbocycles. The number of esters is 1. The van der Waals surface area contributed by atoms with E-state index in [4.69, 9.17) is 14.7 Å². The highest BCUT2D eigenvalue weighted by molar-refractivity contribution is 9.10. The molecule has 0 aliphatic heterocycles. The molecule has 1 N–H and O–H groups in total. The summed E-state index contributed by atoms with van der Waals surface area (Å²) in [5.41, 5.74) is 2.32. The number of aromatic nitrogens is 1. The molecule has 152 valence electrons. The Balaban J connectivity index is 1.61. The molecule has 1 heterocycles. The van der Waals surface area contributed by atoms with Crippen LogP contribution in [0.5, 0.6) is 5.75 Å². The van der Waals surface area contributed by atoms with Crippen LogP contribution in [-0.4, -0.2) is 24.0 Å². The number of thiazole rings is 1. The lowest BCUT2D eigenvalue weighted by molar-refractivity contribution is -0.115. The molecule has 0 spiro atoms. The maximum Gasteiger partial charge on any atom is 0.338 e. The van der Waals surface area contributed by atoms with Crippen LogP contribution in [0.25, 0.3) is 10.6 Å². The molecule has 1 aromatic heterocycles. The smallest absolute Gasteiger partial charge is 0.338 e. The van der Waals surface area contributed by atoms with Gasteiger partial charge in [0.25, 0.3) is 0 Å². The largest absolute Gasteiger partial charge is 0.496 e. The van der Waals surface area contributed by atoms with Crippen molar-refractivity contribution >= 4 is 44.8 Å². The lowest BCUT2D eigenvalue weighted by Gasteiger charge is -2.06. The molecule has 3 rings (SSSR count). The van der Waals surface area contributed by atoms with Gasteiger partial charge in [0, 0.05) is 15.5 Å². The summed E-state index contributed by atoms with van der Waals surface area (Å²) in [6.07, 6.45) is -0.231. The van der Waals surface area contributed by atoms with Gasteiger partial charge in [-0.1, -0.05) is 15.9 Å². The van der Waals surface area contributed by atoms with E-state index in [1.807, 2.05) is 23.6 Å². The average Bonchev–Trinajstić information content (AvgIpc) is 3.21. The van der Waals surface area contributed by atoms with Gasteiger partial charge in [-0.15, -0.1) is 11.3 Å². The van der Waals surface area contributed by atoms with E-state index < -0.39 is 11.9 Å². The highest BCUT2D eigenvalue weighted by atomic mass is 79.9. The molecule has 0 aliphatic carbocycles. The van der Waals surface area contributed by atoms with E-state index in [0.717, 1.165) is 15.0 Å². The van der Waals surface area contributed by atoms with E-state index >= 15 is 0 Å². The summed E-state index contributed by atoms with van der Waals surface area (Å²) in [7, 11) is 1.60. The average molecular weight is 486 g/mol. The predicted octanol–water partition coefficient (Wildman–Crippen LogP) is 4.79. The molecule has 7 nitrogen and oxygen atoms in total. The highest BCUT2D eigenvalue weighted by Gasteiger charge is 2.13. The van der Waals surface area contributed by atoms with Crippen molar-refractivity contribution in [3.63, 3.8) is 0 Å². The number of rotatable bonds is 7. The van der Waals surface area contributed by atoms with Crippen LogP contribution in [0.4, 0.5) is 5.69 Å². The molecular weight excluding hydrogens is 470 g/mol. The first-order valence-electron chi connectivity index (χ1n) is 8.72. The second-order valence-electron chi connectivity index (χ2n) is 6.03. The van der Waals surface area contributed by atoms with Crippen LogP contribution < -0.4 is 10.1 Å². The van der Waals surface area contributed by atoms with Crippen LogP contribution in [0.1, 0.15) is 22.5 Å². The first kappa shape index (κ1) is 21.5. The Morgan fingerprint density at radius 3 is 2.70 bits per heavy atom. The number of amides is 1. The number of anilines is 1. The molecule has 9 heteroatoms. The van der Waals surface area contributed by atoms with Gasteiger partial charge in [0.05, 0.1) is 30.0 Å². The van der Waals surface area contributed by atoms with Crippen molar-refractivity contribution in [3.05, 3.63) is 63.6 Å². The van der Waals surface area contributed by atoms with Gasteiger partial charge in [-0.3, -0.25) is 4.79 Å². The SMILES string of the molecule is COc1ccc(Br)cc1-c1nc(COC(=O)c2ccc(NC(=O)CC#N)cc2)cs1. The molecule has 1 amide bonds. The van der Waals surface area contributed by atoms with Crippen molar-refractivity contribution in [2.45, 2.75) is 13.0 Å². The first-order chi connectivity index (χ1) is 14.5. The van der Waals surface area contributed by atoms with Gasteiger partial charge in [0.2, 0.25) is 5.91 Å². The van der Waals surface area contributed by atoms with Crippen molar-refractivity contribution in [2.24, 2.45) is 0 Å². The molecule has 0 bridgehead atoms. The van der Waals surface area contributed by atoms with Crippen molar-refractivity contribution in [1.82, 2.24) is 4.98 Å². The molecule has 0 saturated carbocycles. The van der Waals surface area contributed by atoms with E-state index in [-0.39, 0.29) is 13.0 Å². The quantitative estimate of drug-likeness (QED) is 0.482. The minimum absolute atomic E-state index is 0.0340. The number of ether oxygens (including phenoxy) is 2. The van der Waals surface area contributed by atoms with Gasteiger partial charge in [-0.25, -0.2) is 9.78 Å². The Bertz CT molecular complexity index is 1110. The number of nitrogens with one attached hydrogen (secondary N) is 1. The zero-order chi connectivity index (χ0) is 21.5. The monoisotopic (exact) mass is 485 g/mol. The second kappa shape index (κ2) is 10.0. The van der Waals surface area contributed by atoms with Crippen LogP contribution >= 0.6 is 27.3 Å². The standard InChI is InChI=1S/C21H16BrN3O4S/c1-28-18-7-4-14(22)10-17(18)20-25-16(12-30-20)11-29-21(27)13-2-5-15(6-3-13)24-19(26)8-9-23/h2-7,10,12H,8,11H2,1H3,(H,24,26). The minimum atomic E-state index is -0.500. The normalized spacial score (nSPS) is 10.2. The molecule has 0 atom stereocenters. The van der Waals surface area contributed by atoms with E-state index in [9.17, 15) is 9.59 Å². The lowest BCUT2D eigenvalue weighted by atomic mass is 10.2. The summed E-state index contributed by atoms with van der Waals surface area (Å²) in [5.74, 6) is -0.202. The number of carbonyl (C=O) groups is 2. The molecule has 0 fully saturated rings. The highest BCUT2D eigenvalue weighted by Crippen LogP contribution is 2.34. The van der Waals surface area contributed by atoms with Crippen LogP contribution in [0.15, 0.2) is 52.3 Å². The van der Waals surface area contributed by atoms with E-state index in [2.05, 4.69) is 26.2 Å². The van der Waals surface area contributed by atoms with Gasteiger partial charge >= 0.3 is 5.97 Å². The predicted molar refractivity (Wildman–Crippen MR) is 116 cm³/mol. The lowest BCUT2D eigenvalue weighted by Crippen LogP contribution is -2.10. The number of benzene rings is 2. The second-order valence-corrected chi connectivity index (χ2v) is 7.80. The third-order valence-corrected chi connectivity index (χ3v) is 5.36. The van der Waals surface area contributed by atoms with Crippen molar-refractivity contribution in [1.29, 1.82) is 5.26 Å². The number of nitrogens with zero attached hydrogens (tertiary/aromatic N) is 2. The Hall–Kier alpha value is -3.22. The number of nitriles is 1. The van der Waals surface area contributed by atoms with Gasteiger partial charge in [-0.05, 0) is 42.5 Å². The van der Waals surface area contributed by atoms with Gasteiger partial charge in [-0.2, -0.15) is 5.26 Å². The Labute approximate surface area is 185 Å². The minimum Gasteiger partial charge on any atom is -0.496 e. The number of carbonyl (C=O) groups excluding carboxylic acids is 2. The summed E-state index contributed by atoms with van der Waals surface area (Å²) in [6, 6.07) is 13.7. The zero-order valence-electron chi connectivity index (χ0n) is 15.8. The maximum atomic E-state index is 12.3. The topological polar surface area (TPSA) is 101 Å². The van der Waals surface area contributed by atoms with E-state index in [0.29, 0.717) is 22.7 Å². The molecule has 0 radical (unpaired) electrons. The number of halogens is 1. The van der Waals surface area contributed by atoms with E-state index in [1.54, 1.807) is 37.4 Å².